The van der Waals surface area contributed by atoms with Crippen molar-refractivity contribution in [3.63, 3.8) is 0 Å². The average Bonchev–Trinajstić information content (AvgIpc) is 2.41. The van der Waals surface area contributed by atoms with Gasteiger partial charge in [0.15, 0.2) is 0 Å². The maximum Gasteiger partial charge on any atom is 0.417 e. The Kier molecular flexibility index (Phi) is 3.85. The van der Waals surface area contributed by atoms with Crippen LogP contribution in [0.25, 0.3) is 0 Å². The fourth-order valence-electron chi connectivity index (χ4n) is 1.90. The molecular formula is C15H10F4N2. The van der Waals surface area contributed by atoms with E-state index in [-0.39, 0.29) is 11.4 Å². The Hall–Kier alpha value is -2.55. The SMILES string of the molecule is Cc1cccc(F)c1Nc1ccc(C(F)(F)F)c(C#N)c1. The molecule has 0 unspecified atom stereocenters. The number of hydrogen-bond acceptors (Lipinski definition) is 2. The Balaban J connectivity index is 2.42. The van der Waals surface area contributed by atoms with Gasteiger partial charge in [0.1, 0.15) is 5.82 Å². The number of rotatable bonds is 2. The molecule has 0 bridgehead atoms. The molecule has 0 aromatic heterocycles. The molecule has 0 aliphatic carbocycles. The Bertz CT molecular complexity index is 694. The van der Waals surface area contributed by atoms with E-state index in [1.54, 1.807) is 13.0 Å². The minimum absolute atomic E-state index is 0.168. The average molecular weight is 294 g/mol. The lowest BCUT2D eigenvalue weighted by molar-refractivity contribution is -0.137. The molecule has 1 N–H and O–H groups in total. The van der Waals surface area contributed by atoms with Gasteiger partial charge in [-0.05, 0) is 36.8 Å². The van der Waals surface area contributed by atoms with Gasteiger partial charge < -0.3 is 5.32 Å². The van der Waals surface area contributed by atoms with E-state index >= 15 is 0 Å². The third-order valence-corrected chi connectivity index (χ3v) is 2.94. The second-order valence-electron chi connectivity index (χ2n) is 4.43. The van der Waals surface area contributed by atoms with Crippen LogP contribution in [0.2, 0.25) is 0 Å². The number of para-hydroxylation sites is 1. The Morgan fingerprint density at radius 2 is 1.86 bits per heavy atom. The Morgan fingerprint density at radius 1 is 1.14 bits per heavy atom. The first kappa shape index (κ1) is 14.9. The van der Waals surface area contributed by atoms with Crippen molar-refractivity contribution in [2.24, 2.45) is 0 Å². The number of nitrogens with one attached hydrogen (secondary N) is 1. The molecule has 0 saturated heterocycles. The summed E-state index contributed by atoms with van der Waals surface area (Å²) in [7, 11) is 0. The summed E-state index contributed by atoms with van der Waals surface area (Å²) in [4.78, 5) is 0. The molecule has 2 aromatic rings. The third-order valence-electron chi connectivity index (χ3n) is 2.94. The maximum absolute atomic E-state index is 13.7. The number of alkyl halides is 3. The summed E-state index contributed by atoms with van der Waals surface area (Å²) >= 11 is 0. The molecule has 108 valence electrons. The van der Waals surface area contributed by atoms with Gasteiger partial charge in [0.05, 0.1) is 22.9 Å². The van der Waals surface area contributed by atoms with E-state index in [9.17, 15) is 17.6 Å². The first-order valence-electron chi connectivity index (χ1n) is 5.96. The minimum Gasteiger partial charge on any atom is -0.353 e. The molecule has 0 amide bonds. The van der Waals surface area contributed by atoms with Gasteiger partial charge >= 0.3 is 6.18 Å². The molecule has 2 aromatic carbocycles. The number of aryl methyl sites for hydroxylation is 1. The molecular weight excluding hydrogens is 284 g/mol. The van der Waals surface area contributed by atoms with Gasteiger partial charge in [-0.15, -0.1) is 0 Å². The lowest BCUT2D eigenvalue weighted by Gasteiger charge is -2.13. The van der Waals surface area contributed by atoms with Gasteiger partial charge in [0.2, 0.25) is 0 Å². The molecule has 0 fully saturated rings. The monoisotopic (exact) mass is 294 g/mol. The van der Waals surface area contributed by atoms with Crippen LogP contribution < -0.4 is 5.32 Å². The van der Waals surface area contributed by atoms with Crippen molar-refractivity contribution in [3.05, 3.63) is 58.9 Å². The highest BCUT2D eigenvalue weighted by atomic mass is 19.4. The van der Waals surface area contributed by atoms with E-state index in [1.165, 1.54) is 18.2 Å². The van der Waals surface area contributed by atoms with E-state index in [2.05, 4.69) is 5.32 Å². The van der Waals surface area contributed by atoms with Crippen LogP contribution in [0.3, 0.4) is 0 Å². The summed E-state index contributed by atoms with van der Waals surface area (Å²) in [6, 6.07) is 8.96. The third kappa shape index (κ3) is 3.14. The van der Waals surface area contributed by atoms with Gasteiger partial charge in [-0.2, -0.15) is 18.4 Å². The van der Waals surface area contributed by atoms with Crippen LogP contribution in [0.4, 0.5) is 28.9 Å². The largest absolute Gasteiger partial charge is 0.417 e. The molecule has 0 saturated carbocycles. The number of nitrogens with zero attached hydrogens (tertiary/aromatic N) is 1. The van der Waals surface area contributed by atoms with Crippen LogP contribution in [-0.4, -0.2) is 0 Å². The van der Waals surface area contributed by atoms with E-state index in [0.29, 0.717) is 5.56 Å². The van der Waals surface area contributed by atoms with Gasteiger partial charge in [0, 0.05) is 5.69 Å². The number of nitriles is 1. The van der Waals surface area contributed by atoms with Crippen LogP contribution in [0, 0.1) is 24.1 Å². The normalized spacial score (nSPS) is 11.0. The Labute approximate surface area is 118 Å². The zero-order valence-electron chi connectivity index (χ0n) is 10.9. The molecule has 0 aliphatic rings. The predicted molar refractivity (Wildman–Crippen MR) is 70.6 cm³/mol. The first-order chi connectivity index (χ1) is 9.82. The van der Waals surface area contributed by atoms with Crippen LogP contribution in [0.5, 0.6) is 0 Å². The second-order valence-corrected chi connectivity index (χ2v) is 4.43. The fourth-order valence-corrected chi connectivity index (χ4v) is 1.90. The van der Waals surface area contributed by atoms with Crippen LogP contribution in [0.15, 0.2) is 36.4 Å². The topological polar surface area (TPSA) is 35.8 Å². The van der Waals surface area contributed by atoms with Gasteiger partial charge in [-0.3, -0.25) is 0 Å². The fraction of sp³-hybridized carbons (Fsp3) is 0.133. The highest BCUT2D eigenvalue weighted by Crippen LogP contribution is 2.34. The summed E-state index contributed by atoms with van der Waals surface area (Å²) in [5, 5.41) is 11.5. The van der Waals surface area contributed by atoms with Gasteiger partial charge in [0.25, 0.3) is 0 Å². The van der Waals surface area contributed by atoms with E-state index in [0.717, 1.165) is 18.2 Å². The van der Waals surface area contributed by atoms with Crippen molar-refractivity contribution < 1.29 is 17.6 Å². The lowest BCUT2D eigenvalue weighted by Crippen LogP contribution is -2.08. The van der Waals surface area contributed by atoms with E-state index < -0.39 is 23.1 Å². The van der Waals surface area contributed by atoms with Crippen LogP contribution in [-0.2, 0) is 6.18 Å². The quantitative estimate of drug-likeness (QED) is 0.810. The first-order valence-corrected chi connectivity index (χ1v) is 5.96. The summed E-state index contributed by atoms with van der Waals surface area (Å²) in [6.07, 6.45) is -4.60. The summed E-state index contributed by atoms with van der Waals surface area (Å²) in [5.41, 5.74) is -0.537. The molecule has 2 rings (SSSR count). The number of hydrogen-bond donors (Lipinski definition) is 1. The zero-order chi connectivity index (χ0) is 15.6. The standard InChI is InChI=1S/C15H10F4N2/c1-9-3-2-4-13(16)14(9)21-11-5-6-12(15(17,18)19)10(7-11)8-20/h2-7,21H,1H3. The van der Waals surface area contributed by atoms with E-state index in [1.807, 2.05) is 0 Å². The number of anilines is 2. The molecule has 6 heteroatoms. The lowest BCUT2D eigenvalue weighted by atomic mass is 10.1. The molecule has 0 spiro atoms. The van der Waals surface area contributed by atoms with Crippen molar-refractivity contribution in [2.75, 3.05) is 5.32 Å². The molecule has 2 nitrogen and oxygen atoms in total. The van der Waals surface area contributed by atoms with E-state index in [4.69, 9.17) is 5.26 Å². The van der Waals surface area contributed by atoms with Gasteiger partial charge in [-0.25, -0.2) is 4.39 Å². The van der Waals surface area contributed by atoms with Gasteiger partial charge in [-0.1, -0.05) is 12.1 Å². The van der Waals surface area contributed by atoms with Crippen molar-refractivity contribution >= 4 is 11.4 Å². The number of halogens is 4. The molecule has 0 aliphatic heterocycles. The molecule has 21 heavy (non-hydrogen) atoms. The molecule has 0 heterocycles. The van der Waals surface area contributed by atoms with Crippen LogP contribution in [0.1, 0.15) is 16.7 Å². The van der Waals surface area contributed by atoms with Crippen molar-refractivity contribution in [1.29, 1.82) is 5.26 Å². The predicted octanol–water partition coefficient (Wildman–Crippen LogP) is 4.77. The highest BCUT2D eigenvalue weighted by Gasteiger charge is 2.33. The van der Waals surface area contributed by atoms with Crippen molar-refractivity contribution in [1.82, 2.24) is 0 Å². The molecule has 0 atom stereocenters. The minimum atomic E-state index is -4.60. The molecule has 0 radical (unpaired) electrons. The summed E-state index contributed by atoms with van der Waals surface area (Å²) < 4.78 is 51.8. The van der Waals surface area contributed by atoms with Crippen molar-refractivity contribution in [2.45, 2.75) is 13.1 Å². The van der Waals surface area contributed by atoms with Crippen LogP contribution >= 0.6 is 0 Å². The second kappa shape index (κ2) is 5.44. The summed E-state index contributed by atoms with van der Waals surface area (Å²) in [5.74, 6) is -0.520. The maximum atomic E-state index is 13.7. The van der Waals surface area contributed by atoms with Crippen molar-refractivity contribution in [3.8, 4) is 6.07 Å². The Morgan fingerprint density at radius 3 is 2.43 bits per heavy atom. The smallest absolute Gasteiger partial charge is 0.353 e. The highest BCUT2D eigenvalue weighted by molar-refractivity contribution is 5.65. The summed E-state index contributed by atoms with van der Waals surface area (Å²) in [6.45, 7) is 1.67. The number of benzene rings is 2. The zero-order valence-corrected chi connectivity index (χ0v) is 10.9.